The summed E-state index contributed by atoms with van der Waals surface area (Å²) in [6, 6.07) is 5.25. The normalized spacial score (nSPS) is 12.0. The lowest BCUT2D eigenvalue weighted by Gasteiger charge is -2.05. The van der Waals surface area contributed by atoms with E-state index in [1.165, 1.54) is 12.1 Å². The van der Waals surface area contributed by atoms with Gasteiger partial charge in [0.05, 0.1) is 0 Å². The first-order chi connectivity index (χ1) is 7.38. The van der Waals surface area contributed by atoms with E-state index in [0.717, 1.165) is 6.07 Å². The van der Waals surface area contributed by atoms with E-state index in [2.05, 4.69) is 20.3 Å². The van der Waals surface area contributed by atoms with Crippen LogP contribution < -0.4 is 5.63 Å². The van der Waals surface area contributed by atoms with Crippen molar-refractivity contribution in [2.45, 2.75) is 6.18 Å². The van der Waals surface area contributed by atoms with Crippen molar-refractivity contribution >= 4 is 26.9 Å². The molecule has 1 heterocycles. The zero-order valence-corrected chi connectivity index (χ0v) is 9.22. The number of fused-ring (bicyclic) bond motifs is 1. The summed E-state index contributed by atoms with van der Waals surface area (Å²) >= 11 is 3.12. The topological polar surface area (TPSA) is 30.2 Å². The molecule has 0 saturated carbocycles. The van der Waals surface area contributed by atoms with Gasteiger partial charge in [-0.05, 0) is 24.3 Å². The third-order valence-corrected chi connectivity index (χ3v) is 2.49. The molecule has 0 saturated heterocycles. The molecule has 16 heavy (non-hydrogen) atoms. The molecule has 0 radical (unpaired) electrons. The molecule has 0 atom stereocenters. The number of halogens is 4. The van der Waals surface area contributed by atoms with Gasteiger partial charge in [-0.15, -0.1) is 0 Å². The molecule has 0 unspecified atom stereocenters. The van der Waals surface area contributed by atoms with Crippen LogP contribution in [0.1, 0.15) is 5.56 Å². The quantitative estimate of drug-likeness (QED) is 0.695. The van der Waals surface area contributed by atoms with Gasteiger partial charge in [-0.3, -0.25) is 0 Å². The van der Waals surface area contributed by atoms with Gasteiger partial charge in [0.1, 0.15) is 11.1 Å². The Hall–Kier alpha value is -1.30. The van der Waals surface area contributed by atoms with E-state index < -0.39 is 17.4 Å². The van der Waals surface area contributed by atoms with E-state index >= 15 is 0 Å². The highest BCUT2D eigenvalue weighted by Crippen LogP contribution is 2.29. The monoisotopic (exact) mass is 292 g/mol. The molecule has 84 valence electrons. The highest BCUT2D eigenvalue weighted by molar-refractivity contribution is 9.10. The number of rotatable bonds is 0. The van der Waals surface area contributed by atoms with Gasteiger partial charge in [0.2, 0.25) is 0 Å². The van der Waals surface area contributed by atoms with Gasteiger partial charge in [0.25, 0.3) is 0 Å². The maximum atomic E-state index is 12.4. The predicted molar refractivity (Wildman–Crippen MR) is 55.2 cm³/mol. The summed E-state index contributed by atoms with van der Waals surface area (Å²) < 4.78 is 42.4. The second kappa shape index (κ2) is 3.62. The van der Waals surface area contributed by atoms with Crippen LogP contribution in [0.5, 0.6) is 0 Å². The summed E-state index contributed by atoms with van der Waals surface area (Å²) in [5, 5.41) is 0.223. The average Bonchev–Trinajstić information content (AvgIpc) is 2.16. The molecule has 2 rings (SSSR count). The van der Waals surface area contributed by atoms with Crippen molar-refractivity contribution in [3.05, 3.63) is 44.7 Å². The van der Waals surface area contributed by atoms with E-state index in [1.807, 2.05) is 0 Å². The second-order valence-corrected chi connectivity index (χ2v) is 4.04. The predicted octanol–water partition coefficient (Wildman–Crippen LogP) is 3.57. The lowest BCUT2D eigenvalue weighted by molar-refractivity contribution is -0.139. The summed E-state index contributed by atoms with van der Waals surface area (Å²) in [6.45, 7) is 0. The minimum atomic E-state index is -4.70. The fourth-order valence-corrected chi connectivity index (χ4v) is 1.67. The largest absolute Gasteiger partial charge is 0.423 e. The van der Waals surface area contributed by atoms with Crippen LogP contribution in [0.3, 0.4) is 0 Å². The third kappa shape index (κ3) is 1.97. The Kier molecular flexibility index (Phi) is 2.53. The molecule has 1 aromatic carbocycles. The van der Waals surface area contributed by atoms with Crippen molar-refractivity contribution in [1.29, 1.82) is 0 Å². The summed E-state index contributed by atoms with van der Waals surface area (Å²) in [5.74, 6) is 0. The van der Waals surface area contributed by atoms with Crippen molar-refractivity contribution in [3.8, 4) is 0 Å². The Morgan fingerprint density at radius 3 is 2.50 bits per heavy atom. The van der Waals surface area contributed by atoms with Crippen LogP contribution in [-0.2, 0) is 6.18 Å². The van der Waals surface area contributed by atoms with Crippen molar-refractivity contribution < 1.29 is 17.6 Å². The van der Waals surface area contributed by atoms with Crippen LogP contribution in [-0.4, -0.2) is 0 Å². The van der Waals surface area contributed by atoms with Gasteiger partial charge in [0.15, 0.2) is 0 Å². The smallest absolute Gasteiger partial charge is 0.422 e. The minimum absolute atomic E-state index is 0.126. The summed E-state index contributed by atoms with van der Waals surface area (Å²) in [6.07, 6.45) is -4.70. The summed E-state index contributed by atoms with van der Waals surface area (Å²) in [5.41, 5.74) is -2.54. The molecule has 0 aliphatic heterocycles. The molecule has 2 aromatic rings. The van der Waals surface area contributed by atoms with Crippen molar-refractivity contribution in [3.63, 3.8) is 0 Å². The standard InChI is InChI=1S/C10H4BrF3O2/c11-6-1-2-8-5(3-6)4-7(9(15)16-8)10(12,13)14/h1-4H. The Morgan fingerprint density at radius 1 is 1.19 bits per heavy atom. The highest BCUT2D eigenvalue weighted by atomic mass is 79.9. The Labute approximate surface area is 95.8 Å². The van der Waals surface area contributed by atoms with E-state index in [-0.39, 0.29) is 11.0 Å². The molecule has 0 fully saturated rings. The van der Waals surface area contributed by atoms with Crippen molar-refractivity contribution in [2.75, 3.05) is 0 Å². The van der Waals surface area contributed by atoms with E-state index in [9.17, 15) is 18.0 Å². The number of hydrogen-bond acceptors (Lipinski definition) is 2. The fourth-order valence-electron chi connectivity index (χ4n) is 1.29. The molecule has 0 aliphatic rings. The van der Waals surface area contributed by atoms with Gasteiger partial charge in [-0.25, -0.2) is 4.79 Å². The molecular formula is C10H4BrF3O2. The fraction of sp³-hybridized carbons (Fsp3) is 0.100. The zero-order chi connectivity index (χ0) is 11.9. The highest BCUT2D eigenvalue weighted by Gasteiger charge is 2.35. The molecule has 6 heteroatoms. The minimum Gasteiger partial charge on any atom is -0.422 e. The SMILES string of the molecule is O=c1oc2ccc(Br)cc2cc1C(F)(F)F. The number of benzene rings is 1. The Bertz CT molecular complexity index is 601. The first kappa shape index (κ1) is 11.2. The maximum absolute atomic E-state index is 12.4. The van der Waals surface area contributed by atoms with Gasteiger partial charge < -0.3 is 4.42 Å². The van der Waals surface area contributed by atoms with Crippen LogP contribution in [0.2, 0.25) is 0 Å². The maximum Gasteiger partial charge on any atom is 0.423 e. The van der Waals surface area contributed by atoms with E-state index in [1.54, 1.807) is 6.07 Å². The molecule has 0 bridgehead atoms. The molecule has 0 spiro atoms. The third-order valence-electron chi connectivity index (χ3n) is 2.00. The first-order valence-electron chi connectivity index (χ1n) is 4.18. The van der Waals surface area contributed by atoms with Crippen LogP contribution in [0.15, 0.2) is 37.9 Å². The first-order valence-corrected chi connectivity index (χ1v) is 4.98. The van der Waals surface area contributed by atoms with Gasteiger partial charge >= 0.3 is 11.8 Å². The van der Waals surface area contributed by atoms with Crippen LogP contribution in [0, 0.1) is 0 Å². The Balaban J connectivity index is 2.79. The van der Waals surface area contributed by atoms with Gasteiger partial charge in [0, 0.05) is 9.86 Å². The number of hydrogen-bond donors (Lipinski definition) is 0. The van der Waals surface area contributed by atoms with E-state index in [4.69, 9.17) is 0 Å². The molecule has 1 aromatic heterocycles. The number of alkyl halides is 3. The zero-order valence-electron chi connectivity index (χ0n) is 7.64. The summed E-state index contributed by atoms with van der Waals surface area (Å²) in [4.78, 5) is 11.1. The van der Waals surface area contributed by atoms with Crippen LogP contribution in [0.25, 0.3) is 11.0 Å². The van der Waals surface area contributed by atoms with Crippen molar-refractivity contribution in [1.82, 2.24) is 0 Å². The van der Waals surface area contributed by atoms with E-state index in [0.29, 0.717) is 4.47 Å². The second-order valence-electron chi connectivity index (χ2n) is 3.13. The molecule has 0 N–H and O–H groups in total. The van der Waals surface area contributed by atoms with Gasteiger partial charge in [-0.1, -0.05) is 15.9 Å². The average molecular weight is 293 g/mol. The van der Waals surface area contributed by atoms with Crippen molar-refractivity contribution in [2.24, 2.45) is 0 Å². The van der Waals surface area contributed by atoms with Crippen LogP contribution >= 0.6 is 15.9 Å². The molecular weight excluding hydrogens is 289 g/mol. The Morgan fingerprint density at radius 2 is 1.88 bits per heavy atom. The molecule has 2 nitrogen and oxygen atoms in total. The van der Waals surface area contributed by atoms with Crippen LogP contribution in [0.4, 0.5) is 13.2 Å². The van der Waals surface area contributed by atoms with Gasteiger partial charge in [-0.2, -0.15) is 13.2 Å². The summed E-state index contributed by atoms with van der Waals surface area (Å²) in [7, 11) is 0. The lowest BCUT2D eigenvalue weighted by atomic mass is 10.2. The molecule has 0 amide bonds. The molecule has 0 aliphatic carbocycles. The lowest BCUT2D eigenvalue weighted by Crippen LogP contribution is -2.17.